The normalized spacial score (nSPS) is 14.0. The Morgan fingerprint density at radius 3 is 2.65 bits per heavy atom. The zero-order valence-electron chi connectivity index (χ0n) is 16.4. The van der Waals surface area contributed by atoms with E-state index in [2.05, 4.69) is 16.0 Å². The summed E-state index contributed by atoms with van der Waals surface area (Å²) in [6.07, 6.45) is 3.27. The number of pyridine rings is 2. The second-order valence-corrected chi connectivity index (χ2v) is 8.81. The standard InChI is InChI=1S/C22H17N5O2S2/c23-11-16-20(25-6-8-26(9-7-25)22(29)19-4-2-10-31-19)17-13-30-14-18(17)27(21(16)28)15-3-1-5-24-12-15/h1-5,10,12-14H,6-9H2. The highest BCUT2D eigenvalue weighted by Crippen LogP contribution is 2.33. The molecule has 1 aliphatic heterocycles. The molecule has 5 rings (SSSR count). The Balaban J connectivity index is 1.53. The summed E-state index contributed by atoms with van der Waals surface area (Å²) >= 11 is 2.93. The number of anilines is 1. The maximum absolute atomic E-state index is 13.3. The van der Waals surface area contributed by atoms with Crippen molar-refractivity contribution in [3.05, 3.63) is 73.6 Å². The van der Waals surface area contributed by atoms with Gasteiger partial charge in [0.05, 0.1) is 28.0 Å². The number of carbonyl (C=O) groups is 1. The lowest BCUT2D eigenvalue weighted by atomic mass is 10.1. The van der Waals surface area contributed by atoms with Crippen LogP contribution in [-0.2, 0) is 0 Å². The van der Waals surface area contributed by atoms with Crippen LogP contribution in [0.2, 0.25) is 0 Å². The zero-order valence-corrected chi connectivity index (χ0v) is 18.0. The fourth-order valence-electron chi connectivity index (χ4n) is 3.96. The van der Waals surface area contributed by atoms with Crippen molar-refractivity contribution in [1.82, 2.24) is 14.5 Å². The molecule has 0 unspecified atom stereocenters. The lowest BCUT2D eigenvalue weighted by Crippen LogP contribution is -2.49. The monoisotopic (exact) mass is 447 g/mol. The number of piperazine rings is 1. The Bertz CT molecular complexity index is 1340. The fraction of sp³-hybridized carbons (Fsp3) is 0.182. The lowest BCUT2D eigenvalue weighted by Gasteiger charge is -2.36. The number of carbonyl (C=O) groups excluding carboxylic acids is 1. The van der Waals surface area contributed by atoms with E-state index < -0.39 is 0 Å². The molecule has 0 bridgehead atoms. The summed E-state index contributed by atoms with van der Waals surface area (Å²) in [7, 11) is 0. The summed E-state index contributed by atoms with van der Waals surface area (Å²) in [5, 5.41) is 16.6. The highest BCUT2D eigenvalue weighted by Gasteiger charge is 2.28. The lowest BCUT2D eigenvalue weighted by molar-refractivity contribution is 0.0751. The molecule has 0 N–H and O–H groups in total. The average molecular weight is 448 g/mol. The third-order valence-electron chi connectivity index (χ3n) is 5.42. The van der Waals surface area contributed by atoms with Crippen molar-refractivity contribution < 1.29 is 4.79 Å². The number of aromatic nitrogens is 2. The van der Waals surface area contributed by atoms with Crippen LogP contribution in [0.15, 0.2) is 57.6 Å². The summed E-state index contributed by atoms with van der Waals surface area (Å²) in [5.74, 6) is 0.0304. The second kappa shape index (κ2) is 7.98. The van der Waals surface area contributed by atoms with Gasteiger partial charge in [-0.1, -0.05) is 6.07 Å². The first kappa shape index (κ1) is 19.5. The van der Waals surface area contributed by atoms with Crippen LogP contribution < -0.4 is 10.5 Å². The van der Waals surface area contributed by atoms with Crippen LogP contribution >= 0.6 is 22.7 Å². The van der Waals surface area contributed by atoms with Crippen LogP contribution in [0.1, 0.15) is 15.2 Å². The molecule has 9 heteroatoms. The molecular weight excluding hydrogens is 430 g/mol. The summed E-state index contributed by atoms with van der Waals surface area (Å²) in [6.45, 7) is 2.21. The van der Waals surface area contributed by atoms with Crippen LogP contribution in [0.5, 0.6) is 0 Å². The third kappa shape index (κ3) is 3.30. The molecule has 5 heterocycles. The van der Waals surface area contributed by atoms with E-state index in [1.54, 1.807) is 29.1 Å². The molecule has 154 valence electrons. The van der Waals surface area contributed by atoms with E-state index in [9.17, 15) is 14.9 Å². The molecule has 0 spiro atoms. The van der Waals surface area contributed by atoms with Gasteiger partial charge >= 0.3 is 0 Å². The SMILES string of the molecule is N#Cc1c(N2CCN(C(=O)c3cccs3)CC2)c2cscc2n(-c2cccnc2)c1=O. The van der Waals surface area contributed by atoms with E-state index in [1.165, 1.54) is 22.7 Å². The predicted octanol–water partition coefficient (Wildman–Crippen LogP) is 3.34. The summed E-state index contributed by atoms with van der Waals surface area (Å²) in [4.78, 5) is 34.7. The molecule has 0 saturated carbocycles. The summed E-state index contributed by atoms with van der Waals surface area (Å²) < 4.78 is 1.55. The molecule has 31 heavy (non-hydrogen) atoms. The van der Waals surface area contributed by atoms with E-state index in [-0.39, 0.29) is 17.0 Å². The number of amides is 1. The largest absolute Gasteiger partial charge is 0.366 e. The maximum atomic E-state index is 13.3. The molecular formula is C22H17N5O2S2. The Morgan fingerprint density at radius 2 is 1.97 bits per heavy atom. The highest BCUT2D eigenvalue weighted by atomic mass is 32.1. The van der Waals surface area contributed by atoms with Gasteiger partial charge in [0.2, 0.25) is 0 Å². The van der Waals surface area contributed by atoms with Crippen molar-refractivity contribution >= 4 is 45.2 Å². The minimum atomic E-state index is -0.353. The van der Waals surface area contributed by atoms with Gasteiger partial charge in [0.15, 0.2) is 0 Å². The second-order valence-electron chi connectivity index (χ2n) is 7.11. The van der Waals surface area contributed by atoms with E-state index in [4.69, 9.17) is 0 Å². The molecule has 1 fully saturated rings. The Kier molecular flexibility index (Phi) is 5.02. The minimum absolute atomic E-state index is 0.0304. The number of nitrogens with zero attached hydrogens (tertiary/aromatic N) is 5. The van der Waals surface area contributed by atoms with Crippen LogP contribution in [0.3, 0.4) is 0 Å². The molecule has 1 aliphatic rings. The van der Waals surface area contributed by atoms with E-state index in [1.807, 2.05) is 33.2 Å². The minimum Gasteiger partial charge on any atom is -0.366 e. The van der Waals surface area contributed by atoms with Crippen LogP contribution in [0, 0.1) is 11.3 Å². The van der Waals surface area contributed by atoms with Gasteiger partial charge in [0.25, 0.3) is 11.5 Å². The van der Waals surface area contributed by atoms with Gasteiger partial charge < -0.3 is 9.80 Å². The number of fused-ring (bicyclic) bond motifs is 1. The van der Waals surface area contributed by atoms with Gasteiger partial charge in [-0.2, -0.15) is 5.26 Å². The predicted molar refractivity (Wildman–Crippen MR) is 122 cm³/mol. The summed E-state index contributed by atoms with van der Waals surface area (Å²) in [6, 6.07) is 9.42. The molecule has 1 saturated heterocycles. The molecule has 7 nitrogen and oxygen atoms in total. The van der Waals surface area contributed by atoms with E-state index in [0.717, 1.165) is 15.8 Å². The van der Waals surface area contributed by atoms with Crippen molar-refractivity contribution in [2.75, 3.05) is 31.1 Å². The molecule has 0 aromatic carbocycles. The first-order valence-electron chi connectivity index (χ1n) is 9.72. The van der Waals surface area contributed by atoms with E-state index in [0.29, 0.717) is 37.6 Å². The van der Waals surface area contributed by atoms with Gasteiger partial charge in [-0.3, -0.25) is 19.1 Å². The average Bonchev–Trinajstić information content (AvgIpc) is 3.51. The first-order chi connectivity index (χ1) is 15.2. The first-order valence-corrected chi connectivity index (χ1v) is 11.5. The van der Waals surface area contributed by atoms with Crippen LogP contribution in [0.4, 0.5) is 5.69 Å². The fourth-order valence-corrected chi connectivity index (χ4v) is 5.45. The Hall–Kier alpha value is -3.48. The molecule has 1 amide bonds. The highest BCUT2D eigenvalue weighted by molar-refractivity contribution is 7.12. The number of nitriles is 1. The summed E-state index contributed by atoms with van der Waals surface area (Å²) in [5.41, 5.74) is 1.81. The van der Waals surface area contributed by atoms with Crippen molar-refractivity contribution in [3.63, 3.8) is 0 Å². The number of hydrogen-bond donors (Lipinski definition) is 0. The Morgan fingerprint density at radius 1 is 1.13 bits per heavy atom. The number of thiophene rings is 2. The van der Waals surface area contributed by atoms with Crippen molar-refractivity contribution in [2.45, 2.75) is 0 Å². The van der Waals surface area contributed by atoms with Gasteiger partial charge in [0.1, 0.15) is 11.6 Å². The molecule has 0 radical (unpaired) electrons. The van der Waals surface area contributed by atoms with Gasteiger partial charge in [0, 0.05) is 48.5 Å². The van der Waals surface area contributed by atoms with Gasteiger partial charge in [-0.25, -0.2) is 0 Å². The molecule has 0 atom stereocenters. The smallest absolute Gasteiger partial charge is 0.275 e. The van der Waals surface area contributed by atoms with Crippen LogP contribution in [0.25, 0.3) is 16.6 Å². The van der Waals surface area contributed by atoms with E-state index >= 15 is 0 Å². The van der Waals surface area contributed by atoms with Crippen molar-refractivity contribution in [2.24, 2.45) is 0 Å². The molecule has 4 aromatic rings. The third-order valence-corrected chi connectivity index (χ3v) is 7.01. The zero-order chi connectivity index (χ0) is 21.4. The quantitative estimate of drug-likeness (QED) is 0.481. The van der Waals surface area contributed by atoms with Crippen molar-refractivity contribution in [3.8, 4) is 11.8 Å². The van der Waals surface area contributed by atoms with Gasteiger partial charge in [-0.15, -0.1) is 22.7 Å². The number of hydrogen-bond acceptors (Lipinski definition) is 7. The van der Waals surface area contributed by atoms with Crippen LogP contribution in [-0.4, -0.2) is 46.5 Å². The Labute approximate surface area is 186 Å². The topological polar surface area (TPSA) is 82.2 Å². The maximum Gasteiger partial charge on any atom is 0.275 e. The number of rotatable bonds is 3. The van der Waals surface area contributed by atoms with Crippen molar-refractivity contribution in [1.29, 1.82) is 5.26 Å². The van der Waals surface area contributed by atoms with Gasteiger partial charge in [-0.05, 0) is 23.6 Å². The molecule has 0 aliphatic carbocycles. The molecule has 4 aromatic heterocycles.